The van der Waals surface area contributed by atoms with Crippen LogP contribution in [0.2, 0.25) is 5.82 Å². The second kappa shape index (κ2) is 16.3. The van der Waals surface area contributed by atoms with E-state index in [0.29, 0.717) is 5.92 Å². The third kappa shape index (κ3) is 13.6. The van der Waals surface area contributed by atoms with Gasteiger partial charge in [-0.2, -0.15) is 5.82 Å². The van der Waals surface area contributed by atoms with Crippen molar-refractivity contribution >= 4 is 7.85 Å². The van der Waals surface area contributed by atoms with Crippen LogP contribution in [0.4, 0.5) is 0 Å². The fraction of sp³-hybridized carbons (Fsp3) is 0.750. The van der Waals surface area contributed by atoms with Gasteiger partial charge in [0, 0.05) is 49.7 Å². The van der Waals surface area contributed by atoms with E-state index in [4.69, 9.17) is 17.3 Å². The van der Waals surface area contributed by atoms with Crippen molar-refractivity contribution in [1.82, 2.24) is 4.90 Å². The number of hydrogen-bond acceptors (Lipinski definition) is 3. The van der Waals surface area contributed by atoms with Gasteiger partial charge in [0.2, 0.25) is 0 Å². The zero-order chi connectivity index (χ0) is 11.8. The Bertz CT molecular complexity index is 164. The molecule has 6 heteroatoms. The number of ether oxygens (including phenoxy) is 2. The van der Waals surface area contributed by atoms with Gasteiger partial charge in [0.15, 0.2) is 0 Å². The molecule has 105 valence electrons. The Kier molecular flexibility index (Phi) is 24.9. The van der Waals surface area contributed by atoms with E-state index < -0.39 is 0 Å². The Morgan fingerprint density at radius 2 is 1.83 bits per heavy atom. The predicted molar refractivity (Wildman–Crippen MR) is 70.0 cm³/mol. The molecule has 0 saturated heterocycles. The summed E-state index contributed by atoms with van der Waals surface area (Å²) in [6.07, 6.45) is 3.21. The van der Waals surface area contributed by atoms with Gasteiger partial charge in [-0.15, -0.1) is 0 Å². The first-order chi connectivity index (χ1) is 7.01. The molecule has 0 heterocycles. The molecule has 0 spiro atoms. The maximum atomic E-state index is 5.73. The van der Waals surface area contributed by atoms with Crippen molar-refractivity contribution in [3.63, 3.8) is 0 Å². The van der Waals surface area contributed by atoms with Crippen molar-refractivity contribution in [2.75, 3.05) is 34.9 Å². The molecule has 18 heavy (non-hydrogen) atoms. The number of methoxy groups -OCH3 is 2. The Morgan fingerprint density at radius 3 is 2.17 bits per heavy atom. The van der Waals surface area contributed by atoms with Gasteiger partial charge in [-0.05, 0) is 20.0 Å². The molecule has 0 N–H and O–H groups in total. The maximum absolute atomic E-state index is 5.73. The molecule has 0 amide bonds. The average Bonchev–Trinajstić information content (AvgIpc) is 2.46. The topological polar surface area (TPSA) is 21.7 Å². The van der Waals surface area contributed by atoms with Gasteiger partial charge in [0.1, 0.15) is 0 Å². The normalized spacial score (nSPS) is 25.1. The summed E-state index contributed by atoms with van der Waals surface area (Å²) in [6, 6.07) is 0. The molecule has 0 aromatic carbocycles. The summed E-state index contributed by atoms with van der Waals surface area (Å²) in [5, 5.41) is 0. The Labute approximate surface area is 141 Å². The van der Waals surface area contributed by atoms with Crippen LogP contribution in [0, 0.1) is 26.8 Å². The summed E-state index contributed by atoms with van der Waals surface area (Å²) in [6.45, 7) is 0.739. The zero-order valence-electron chi connectivity index (χ0n) is 12.1. The van der Waals surface area contributed by atoms with Crippen LogP contribution in [0.25, 0.3) is 0 Å². The van der Waals surface area contributed by atoms with Crippen LogP contribution >= 0.6 is 0 Å². The molecule has 0 unspecified atom stereocenters. The molecule has 0 aliphatic heterocycles. The molecule has 3 atom stereocenters. The second-order valence-electron chi connectivity index (χ2n) is 4.09. The molecule has 1 aliphatic rings. The van der Waals surface area contributed by atoms with Crippen LogP contribution in [0.5, 0.6) is 0 Å². The first-order valence-corrected chi connectivity index (χ1v) is 5.11. The van der Waals surface area contributed by atoms with E-state index in [0.717, 1.165) is 13.0 Å². The summed E-state index contributed by atoms with van der Waals surface area (Å²) in [7, 11) is 16.4. The van der Waals surface area contributed by atoms with Crippen molar-refractivity contribution in [3.05, 3.63) is 20.9 Å². The van der Waals surface area contributed by atoms with Gasteiger partial charge < -0.3 is 28.2 Å². The van der Waals surface area contributed by atoms with Gasteiger partial charge in [0.25, 0.3) is 0 Å². The molecule has 0 bridgehead atoms. The average molecular weight is 461 g/mol. The third-order valence-corrected chi connectivity index (χ3v) is 2.13. The summed E-state index contributed by atoms with van der Waals surface area (Å²) in [4.78, 5) is 1.75. The van der Waals surface area contributed by atoms with Crippen molar-refractivity contribution < 1.29 is 49.1 Å². The van der Waals surface area contributed by atoms with E-state index in [1.165, 1.54) is 0 Å². The van der Waals surface area contributed by atoms with Crippen molar-refractivity contribution in [2.45, 2.75) is 18.3 Å². The summed E-state index contributed by atoms with van der Waals surface area (Å²) < 4.78 is 10.3. The molecule has 1 rings (SSSR count). The predicted octanol–water partition coefficient (Wildman–Crippen LogP) is 1.61. The minimum atomic E-state index is 0. The van der Waals surface area contributed by atoms with Crippen molar-refractivity contribution in [3.8, 4) is 0 Å². The van der Waals surface area contributed by atoms with Crippen molar-refractivity contribution in [1.29, 1.82) is 0 Å². The minimum Gasteiger partial charge on any atom is -0.464 e. The second-order valence-corrected chi connectivity index (χ2v) is 4.09. The standard InChI is InChI=1S/C8H14BO2.C3H8N.CH3.V.W/c1-10-5-6-3-7(9)4-8(6)11-2;1-4(2)3;;;/h4,6-8H,3,5H2,1-2H3;1H2,2-3H3;1H3;;/q3*-1;+2;/t6-,7-,8+;;;;/m1..../s1. The number of nitrogens with zero attached hydrogens (tertiary/aromatic N) is 1. The SMILES string of the molecule is [B][C@H]1[CH-][C@H](OC)[C@@H](COC)C1.[CH2-]N(C)C.[CH3-].[V+2].[W]. The molecule has 0 aromatic rings. The fourth-order valence-electron chi connectivity index (χ4n) is 1.61. The monoisotopic (exact) mass is 461 g/mol. The Hall–Kier alpha value is 1.22. The third-order valence-electron chi connectivity index (χ3n) is 2.13. The minimum absolute atomic E-state index is 0. The van der Waals surface area contributed by atoms with E-state index in [-0.39, 0.29) is 59.0 Å². The van der Waals surface area contributed by atoms with Gasteiger partial charge in [-0.3, -0.25) is 7.05 Å². The molecule has 1 aliphatic carbocycles. The maximum Gasteiger partial charge on any atom is 2.00 e. The van der Waals surface area contributed by atoms with Crippen LogP contribution in [0.15, 0.2) is 0 Å². The fourth-order valence-corrected chi connectivity index (χ4v) is 1.61. The van der Waals surface area contributed by atoms with Crippen LogP contribution in [-0.2, 0) is 49.1 Å². The zero-order valence-corrected chi connectivity index (χ0v) is 16.5. The smallest absolute Gasteiger partial charge is 0.464 e. The van der Waals surface area contributed by atoms with Crippen LogP contribution in [0.1, 0.15) is 6.42 Å². The molecular formula is C12H25BNO2VW-. The van der Waals surface area contributed by atoms with Gasteiger partial charge >= 0.3 is 18.6 Å². The quantitative estimate of drug-likeness (QED) is 0.472. The van der Waals surface area contributed by atoms with Crippen LogP contribution in [-0.4, -0.2) is 53.8 Å². The van der Waals surface area contributed by atoms with Gasteiger partial charge in [-0.1, -0.05) is 12.5 Å². The first-order valence-electron chi connectivity index (χ1n) is 5.11. The Morgan fingerprint density at radius 1 is 1.39 bits per heavy atom. The largest absolute Gasteiger partial charge is 2.00 e. The number of hydrogen-bond donors (Lipinski definition) is 0. The summed E-state index contributed by atoms with van der Waals surface area (Å²) >= 11 is 0. The molecular weight excluding hydrogens is 436 g/mol. The molecule has 1 saturated carbocycles. The summed E-state index contributed by atoms with van der Waals surface area (Å²) in [5.41, 5.74) is 0. The Balaban J connectivity index is -0.000000125. The van der Waals surface area contributed by atoms with Gasteiger partial charge in [0.05, 0.1) is 0 Å². The van der Waals surface area contributed by atoms with Crippen LogP contribution < -0.4 is 0 Å². The van der Waals surface area contributed by atoms with Crippen molar-refractivity contribution in [2.24, 2.45) is 5.92 Å². The van der Waals surface area contributed by atoms with Gasteiger partial charge in [-0.25, -0.2) is 0 Å². The van der Waals surface area contributed by atoms with E-state index in [9.17, 15) is 0 Å². The van der Waals surface area contributed by atoms with E-state index >= 15 is 0 Å². The first kappa shape index (κ1) is 27.5. The summed E-state index contributed by atoms with van der Waals surface area (Å²) in [5.74, 6) is 0.625. The van der Waals surface area contributed by atoms with Crippen LogP contribution in [0.3, 0.4) is 0 Å². The molecule has 0 aromatic heterocycles. The molecule has 3 radical (unpaired) electrons. The van der Waals surface area contributed by atoms with E-state index in [1.807, 2.05) is 20.5 Å². The van der Waals surface area contributed by atoms with E-state index in [1.54, 1.807) is 19.1 Å². The number of rotatable bonds is 3. The molecule has 3 nitrogen and oxygen atoms in total. The van der Waals surface area contributed by atoms with E-state index in [2.05, 4.69) is 7.05 Å². The molecule has 1 fully saturated rings.